The van der Waals surface area contributed by atoms with Crippen molar-refractivity contribution in [1.29, 1.82) is 5.26 Å². The maximum absolute atomic E-state index is 8.82. The second-order valence-corrected chi connectivity index (χ2v) is 4.68. The summed E-state index contributed by atoms with van der Waals surface area (Å²) in [4.78, 5) is 3.97. The minimum Gasteiger partial charge on any atom is -0.306 e. The van der Waals surface area contributed by atoms with Crippen molar-refractivity contribution in [1.82, 2.24) is 10.3 Å². The molecule has 2 rings (SSSR count). The number of hydrogen-bond donors (Lipinski definition) is 1. The van der Waals surface area contributed by atoms with Crippen molar-refractivity contribution in [2.24, 2.45) is 0 Å². The van der Waals surface area contributed by atoms with Gasteiger partial charge in [-0.1, -0.05) is 29.8 Å². The lowest BCUT2D eigenvalue weighted by molar-refractivity contribution is 0.574. The zero-order valence-electron chi connectivity index (χ0n) is 11.2. The second-order valence-electron chi connectivity index (χ2n) is 4.68. The van der Waals surface area contributed by atoms with E-state index in [9.17, 15) is 0 Å². The molecule has 3 heteroatoms. The first-order valence-electron chi connectivity index (χ1n) is 6.34. The van der Waals surface area contributed by atoms with E-state index in [0.29, 0.717) is 5.69 Å². The van der Waals surface area contributed by atoms with Gasteiger partial charge in [-0.15, -0.1) is 0 Å². The standard InChI is InChI=1S/C16H17N3/c1-12-4-3-5-15(8-12)13(2)19-11-14-6-7-18-16(9-14)10-17/h3-9,13,19H,11H2,1-2H3/t13-/m1/s1. The number of aryl methyl sites for hydroxylation is 1. The Morgan fingerprint density at radius 1 is 1.32 bits per heavy atom. The highest BCUT2D eigenvalue weighted by atomic mass is 14.9. The molecule has 0 aliphatic heterocycles. The summed E-state index contributed by atoms with van der Waals surface area (Å²) in [6.07, 6.45) is 1.67. The number of nitrogens with one attached hydrogen (secondary N) is 1. The molecule has 0 saturated carbocycles. The normalized spacial score (nSPS) is 11.8. The summed E-state index contributed by atoms with van der Waals surface area (Å²) in [6.45, 7) is 4.96. The molecule has 19 heavy (non-hydrogen) atoms. The zero-order valence-corrected chi connectivity index (χ0v) is 11.2. The number of rotatable bonds is 4. The zero-order chi connectivity index (χ0) is 13.7. The van der Waals surface area contributed by atoms with E-state index in [0.717, 1.165) is 12.1 Å². The molecule has 0 saturated heterocycles. The van der Waals surface area contributed by atoms with Gasteiger partial charge in [0.25, 0.3) is 0 Å². The summed E-state index contributed by atoms with van der Waals surface area (Å²) in [5, 5.41) is 12.3. The molecule has 0 amide bonds. The average Bonchev–Trinajstić information content (AvgIpc) is 2.45. The molecule has 2 aromatic rings. The number of pyridine rings is 1. The van der Waals surface area contributed by atoms with E-state index >= 15 is 0 Å². The van der Waals surface area contributed by atoms with E-state index < -0.39 is 0 Å². The van der Waals surface area contributed by atoms with Gasteiger partial charge in [0.1, 0.15) is 11.8 Å². The Morgan fingerprint density at radius 3 is 2.89 bits per heavy atom. The summed E-state index contributed by atoms with van der Waals surface area (Å²) in [7, 11) is 0. The minimum absolute atomic E-state index is 0.276. The number of benzene rings is 1. The van der Waals surface area contributed by atoms with Gasteiger partial charge in [0.05, 0.1) is 0 Å². The monoisotopic (exact) mass is 251 g/mol. The highest BCUT2D eigenvalue weighted by Crippen LogP contribution is 2.14. The van der Waals surface area contributed by atoms with Crippen LogP contribution in [0.5, 0.6) is 0 Å². The summed E-state index contributed by atoms with van der Waals surface area (Å²) in [5.74, 6) is 0. The van der Waals surface area contributed by atoms with Gasteiger partial charge in [0.2, 0.25) is 0 Å². The maximum atomic E-state index is 8.82. The van der Waals surface area contributed by atoms with Crippen LogP contribution in [0.1, 0.15) is 35.3 Å². The fourth-order valence-electron chi connectivity index (χ4n) is 1.97. The van der Waals surface area contributed by atoms with Gasteiger partial charge in [-0.05, 0) is 37.1 Å². The first-order chi connectivity index (χ1) is 9.19. The van der Waals surface area contributed by atoms with Crippen molar-refractivity contribution in [3.8, 4) is 6.07 Å². The molecule has 0 aliphatic rings. The molecule has 0 radical (unpaired) electrons. The van der Waals surface area contributed by atoms with Crippen LogP contribution in [0.25, 0.3) is 0 Å². The third kappa shape index (κ3) is 3.64. The fraction of sp³-hybridized carbons (Fsp3) is 0.250. The molecule has 0 fully saturated rings. The lowest BCUT2D eigenvalue weighted by Gasteiger charge is -2.15. The number of hydrogen-bond acceptors (Lipinski definition) is 3. The van der Waals surface area contributed by atoms with E-state index in [2.05, 4.69) is 54.5 Å². The van der Waals surface area contributed by atoms with E-state index in [4.69, 9.17) is 5.26 Å². The summed E-state index contributed by atoms with van der Waals surface area (Å²) < 4.78 is 0. The summed E-state index contributed by atoms with van der Waals surface area (Å²) >= 11 is 0. The van der Waals surface area contributed by atoms with Crippen LogP contribution in [0.3, 0.4) is 0 Å². The van der Waals surface area contributed by atoms with Crippen LogP contribution >= 0.6 is 0 Å². The van der Waals surface area contributed by atoms with Crippen molar-refractivity contribution in [2.75, 3.05) is 0 Å². The second kappa shape index (κ2) is 6.12. The Kier molecular flexibility index (Phi) is 4.27. The molecule has 1 atom stereocenters. The Morgan fingerprint density at radius 2 is 2.16 bits per heavy atom. The van der Waals surface area contributed by atoms with Crippen LogP contribution in [0.15, 0.2) is 42.6 Å². The van der Waals surface area contributed by atoms with Crippen LogP contribution < -0.4 is 5.32 Å². The predicted octanol–water partition coefficient (Wildman–Crippen LogP) is 3.11. The van der Waals surface area contributed by atoms with Gasteiger partial charge in [0, 0.05) is 18.8 Å². The van der Waals surface area contributed by atoms with Crippen LogP contribution in [-0.2, 0) is 6.54 Å². The average molecular weight is 251 g/mol. The summed E-state index contributed by atoms with van der Waals surface area (Å²) in [5.41, 5.74) is 4.07. The molecule has 1 N–H and O–H groups in total. The smallest absolute Gasteiger partial charge is 0.140 e. The number of nitrogens with zero attached hydrogens (tertiary/aromatic N) is 2. The molecule has 1 heterocycles. The van der Waals surface area contributed by atoms with Crippen LogP contribution in [0, 0.1) is 18.3 Å². The Bertz CT molecular complexity index is 599. The molecule has 1 aromatic carbocycles. The molecule has 0 aliphatic carbocycles. The molecule has 0 unspecified atom stereocenters. The van der Waals surface area contributed by atoms with Gasteiger partial charge < -0.3 is 5.32 Å². The predicted molar refractivity (Wildman–Crippen MR) is 75.4 cm³/mol. The van der Waals surface area contributed by atoms with Crippen molar-refractivity contribution >= 4 is 0 Å². The Balaban J connectivity index is 2.00. The highest BCUT2D eigenvalue weighted by Gasteiger charge is 2.05. The lowest BCUT2D eigenvalue weighted by atomic mass is 10.1. The number of nitriles is 1. The van der Waals surface area contributed by atoms with E-state index in [1.165, 1.54) is 11.1 Å². The topological polar surface area (TPSA) is 48.7 Å². The van der Waals surface area contributed by atoms with Crippen molar-refractivity contribution < 1.29 is 0 Å². The first-order valence-corrected chi connectivity index (χ1v) is 6.34. The van der Waals surface area contributed by atoms with Crippen LogP contribution in [0.4, 0.5) is 0 Å². The largest absolute Gasteiger partial charge is 0.306 e. The highest BCUT2D eigenvalue weighted by molar-refractivity contribution is 5.27. The fourth-order valence-corrected chi connectivity index (χ4v) is 1.97. The van der Waals surface area contributed by atoms with Gasteiger partial charge in [-0.3, -0.25) is 0 Å². The molecule has 96 valence electrons. The van der Waals surface area contributed by atoms with Crippen LogP contribution in [-0.4, -0.2) is 4.98 Å². The van der Waals surface area contributed by atoms with Gasteiger partial charge in [-0.25, -0.2) is 4.98 Å². The number of aromatic nitrogens is 1. The van der Waals surface area contributed by atoms with Crippen molar-refractivity contribution in [3.63, 3.8) is 0 Å². The third-order valence-electron chi connectivity index (χ3n) is 3.09. The third-order valence-corrected chi connectivity index (χ3v) is 3.09. The van der Waals surface area contributed by atoms with Gasteiger partial charge >= 0.3 is 0 Å². The molecular weight excluding hydrogens is 234 g/mol. The lowest BCUT2D eigenvalue weighted by Crippen LogP contribution is -2.18. The van der Waals surface area contributed by atoms with Gasteiger partial charge in [0.15, 0.2) is 0 Å². The molecule has 3 nitrogen and oxygen atoms in total. The Labute approximate surface area is 113 Å². The SMILES string of the molecule is Cc1cccc([C@@H](C)NCc2ccnc(C#N)c2)c1. The first kappa shape index (κ1) is 13.3. The van der Waals surface area contributed by atoms with E-state index in [-0.39, 0.29) is 6.04 Å². The molecule has 0 bridgehead atoms. The van der Waals surface area contributed by atoms with Crippen molar-refractivity contribution in [2.45, 2.75) is 26.4 Å². The Hall–Kier alpha value is -2.18. The molecule has 1 aromatic heterocycles. The maximum Gasteiger partial charge on any atom is 0.140 e. The quantitative estimate of drug-likeness (QED) is 0.908. The van der Waals surface area contributed by atoms with Gasteiger partial charge in [-0.2, -0.15) is 5.26 Å². The van der Waals surface area contributed by atoms with E-state index in [1.807, 2.05) is 12.1 Å². The van der Waals surface area contributed by atoms with E-state index in [1.54, 1.807) is 6.20 Å². The molecular formula is C16H17N3. The minimum atomic E-state index is 0.276. The molecule has 0 spiro atoms. The van der Waals surface area contributed by atoms with Crippen LogP contribution in [0.2, 0.25) is 0 Å². The van der Waals surface area contributed by atoms with Crippen molar-refractivity contribution in [3.05, 3.63) is 65.0 Å². The summed E-state index contributed by atoms with van der Waals surface area (Å²) in [6, 6.07) is 14.6.